The molecule has 0 aromatic rings. The van der Waals surface area contributed by atoms with Gasteiger partial charge in [-0.05, 0) is 85.5 Å². The van der Waals surface area contributed by atoms with Gasteiger partial charge in [0, 0.05) is 13.3 Å². The van der Waals surface area contributed by atoms with E-state index in [-0.39, 0.29) is 5.97 Å². The lowest BCUT2D eigenvalue weighted by Crippen LogP contribution is -2.51. The molecule has 0 heterocycles. The van der Waals surface area contributed by atoms with E-state index in [2.05, 4.69) is 19.9 Å². The Morgan fingerprint density at radius 1 is 1.13 bits per heavy atom. The minimum Gasteiger partial charge on any atom is -0.432 e. The highest BCUT2D eigenvalue weighted by atomic mass is 16.5. The fraction of sp³-hybridized carbons (Fsp3) is 0.857. The SMILES string of the molecule is CC(=O)OC1=CC[C@@]2(C)C(CC[C@H]3[C@@H]4CCC[C@@]4(C)CC[C@@H]32)C1. The topological polar surface area (TPSA) is 26.3 Å². The fourth-order valence-electron chi connectivity index (χ4n) is 7.11. The summed E-state index contributed by atoms with van der Waals surface area (Å²) in [5.41, 5.74) is 1.09. The second-order valence-electron chi connectivity index (χ2n) is 9.41. The van der Waals surface area contributed by atoms with Crippen molar-refractivity contribution in [2.75, 3.05) is 0 Å². The van der Waals surface area contributed by atoms with Crippen molar-refractivity contribution in [3.05, 3.63) is 11.8 Å². The first-order valence-corrected chi connectivity index (χ1v) is 9.80. The van der Waals surface area contributed by atoms with Crippen LogP contribution in [-0.4, -0.2) is 5.97 Å². The van der Waals surface area contributed by atoms with E-state index in [0.29, 0.717) is 16.7 Å². The molecule has 23 heavy (non-hydrogen) atoms. The van der Waals surface area contributed by atoms with Crippen molar-refractivity contribution in [2.45, 2.75) is 78.6 Å². The highest BCUT2D eigenvalue weighted by molar-refractivity contribution is 5.67. The van der Waals surface area contributed by atoms with Crippen molar-refractivity contribution in [1.82, 2.24) is 0 Å². The van der Waals surface area contributed by atoms with Crippen molar-refractivity contribution in [3.8, 4) is 0 Å². The lowest BCUT2D eigenvalue weighted by atomic mass is 9.46. The third kappa shape index (κ3) is 2.39. The quantitative estimate of drug-likeness (QED) is 0.599. The zero-order chi connectivity index (χ0) is 16.2. The number of fused-ring (bicyclic) bond motifs is 5. The number of hydrogen-bond acceptors (Lipinski definition) is 2. The van der Waals surface area contributed by atoms with Crippen LogP contribution in [0.25, 0.3) is 0 Å². The van der Waals surface area contributed by atoms with E-state index in [9.17, 15) is 4.79 Å². The molecule has 0 aliphatic heterocycles. The molecule has 1 unspecified atom stereocenters. The van der Waals surface area contributed by atoms with Gasteiger partial charge in [-0.25, -0.2) is 0 Å². The largest absolute Gasteiger partial charge is 0.432 e. The van der Waals surface area contributed by atoms with Crippen molar-refractivity contribution in [3.63, 3.8) is 0 Å². The summed E-state index contributed by atoms with van der Waals surface area (Å²) in [4.78, 5) is 11.3. The third-order valence-corrected chi connectivity index (χ3v) is 8.34. The maximum absolute atomic E-state index is 11.3. The minimum atomic E-state index is -0.159. The molecular weight excluding hydrogens is 284 g/mol. The molecule has 2 nitrogen and oxygen atoms in total. The van der Waals surface area contributed by atoms with Gasteiger partial charge in [-0.1, -0.05) is 20.3 Å². The summed E-state index contributed by atoms with van der Waals surface area (Å²) in [6.07, 6.45) is 14.4. The number of esters is 1. The summed E-state index contributed by atoms with van der Waals surface area (Å²) in [7, 11) is 0. The van der Waals surface area contributed by atoms with Gasteiger partial charge in [0.05, 0.1) is 0 Å². The maximum Gasteiger partial charge on any atom is 0.307 e. The predicted molar refractivity (Wildman–Crippen MR) is 91.6 cm³/mol. The smallest absolute Gasteiger partial charge is 0.307 e. The standard InChI is InChI=1S/C21H32O2/c1-14(22)23-16-8-12-21(3)15(13-16)6-7-17-18-5-4-10-20(18,2)11-9-19(17)21/h8,15,17-19H,4-7,9-13H2,1-3H3/t15?,17-,18-,19-,20-,21-/m0/s1. The Labute approximate surface area is 141 Å². The molecule has 6 atom stereocenters. The summed E-state index contributed by atoms with van der Waals surface area (Å²) in [6, 6.07) is 0. The fourth-order valence-corrected chi connectivity index (χ4v) is 7.11. The van der Waals surface area contributed by atoms with Gasteiger partial charge in [0.1, 0.15) is 5.76 Å². The molecule has 3 saturated carbocycles. The van der Waals surface area contributed by atoms with Gasteiger partial charge in [-0.2, -0.15) is 0 Å². The van der Waals surface area contributed by atoms with Crippen LogP contribution in [0.4, 0.5) is 0 Å². The molecule has 0 aromatic carbocycles. The van der Waals surface area contributed by atoms with Gasteiger partial charge >= 0.3 is 5.97 Å². The highest BCUT2D eigenvalue weighted by Crippen LogP contribution is 2.65. The normalized spacial score (nSPS) is 48.7. The van der Waals surface area contributed by atoms with E-state index in [0.717, 1.165) is 36.4 Å². The Bertz CT molecular complexity index is 536. The van der Waals surface area contributed by atoms with Crippen molar-refractivity contribution >= 4 is 5.97 Å². The van der Waals surface area contributed by atoms with Crippen LogP contribution in [0.5, 0.6) is 0 Å². The molecule has 0 bridgehead atoms. The molecule has 0 aromatic heterocycles. The van der Waals surface area contributed by atoms with Gasteiger partial charge in [-0.15, -0.1) is 0 Å². The Hall–Kier alpha value is -0.790. The van der Waals surface area contributed by atoms with Crippen LogP contribution in [-0.2, 0) is 9.53 Å². The average Bonchev–Trinajstić information content (AvgIpc) is 2.89. The van der Waals surface area contributed by atoms with Gasteiger partial charge in [0.15, 0.2) is 0 Å². The van der Waals surface area contributed by atoms with Gasteiger partial charge in [-0.3, -0.25) is 4.79 Å². The Kier molecular flexibility index (Phi) is 3.66. The number of hydrogen-bond donors (Lipinski definition) is 0. The summed E-state index contributed by atoms with van der Waals surface area (Å²) in [6.45, 7) is 6.65. The van der Waals surface area contributed by atoms with E-state index in [1.54, 1.807) is 0 Å². The van der Waals surface area contributed by atoms with Crippen LogP contribution in [0, 0.1) is 34.5 Å². The van der Waals surface area contributed by atoms with E-state index < -0.39 is 0 Å². The Morgan fingerprint density at radius 3 is 2.74 bits per heavy atom. The molecule has 128 valence electrons. The van der Waals surface area contributed by atoms with E-state index in [1.165, 1.54) is 51.9 Å². The van der Waals surface area contributed by atoms with Gasteiger partial charge < -0.3 is 4.74 Å². The van der Waals surface area contributed by atoms with Crippen molar-refractivity contribution in [1.29, 1.82) is 0 Å². The van der Waals surface area contributed by atoms with Gasteiger partial charge in [0.25, 0.3) is 0 Å². The monoisotopic (exact) mass is 316 g/mol. The molecule has 0 spiro atoms. The molecule has 2 heteroatoms. The zero-order valence-corrected chi connectivity index (χ0v) is 15.1. The highest BCUT2D eigenvalue weighted by Gasteiger charge is 2.57. The molecule has 0 amide bonds. The van der Waals surface area contributed by atoms with Crippen molar-refractivity contribution < 1.29 is 9.53 Å². The molecule has 3 fully saturated rings. The van der Waals surface area contributed by atoms with Crippen LogP contribution in [0.1, 0.15) is 78.6 Å². The maximum atomic E-state index is 11.3. The Balaban J connectivity index is 1.58. The first-order valence-electron chi connectivity index (χ1n) is 9.80. The van der Waals surface area contributed by atoms with Crippen LogP contribution < -0.4 is 0 Å². The third-order valence-electron chi connectivity index (χ3n) is 8.34. The number of rotatable bonds is 1. The number of carbonyl (C=O) groups excluding carboxylic acids is 1. The molecule has 4 rings (SSSR count). The lowest BCUT2D eigenvalue weighted by Gasteiger charge is -2.59. The molecule has 0 N–H and O–H groups in total. The average molecular weight is 316 g/mol. The van der Waals surface area contributed by atoms with Crippen LogP contribution in [0.2, 0.25) is 0 Å². The van der Waals surface area contributed by atoms with E-state index in [1.807, 2.05) is 0 Å². The second-order valence-corrected chi connectivity index (χ2v) is 9.41. The first-order chi connectivity index (χ1) is 10.9. The van der Waals surface area contributed by atoms with Crippen LogP contribution in [0.3, 0.4) is 0 Å². The van der Waals surface area contributed by atoms with Crippen LogP contribution in [0.15, 0.2) is 11.8 Å². The number of allylic oxidation sites excluding steroid dienone is 2. The first kappa shape index (κ1) is 15.7. The van der Waals surface area contributed by atoms with Crippen molar-refractivity contribution in [2.24, 2.45) is 34.5 Å². The van der Waals surface area contributed by atoms with E-state index in [4.69, 9.17) is 4.74 Å². The molecule has 0 radical (unpaired) electrons. The number of carbonyl (C=O) groups is 1. The summed E-state index contributed by atoms with van der Waals surface area (Å²) in [5, 5.41) is 0. The summed E-state index contributed by atoms with van der Waals surface area (Å²) in [5.74, 6) is 4.34. The number of ether oxygens (including phenoxy) is 1. The molecular formula is C21H32O2. The second kappa shape index (κ2) is 5.36. The molecule has 4 aliphatic rings. The van der Waals surface area contributed by atoms with E-state index >= 15 is 0 Å². The van der Waals surface area contributed by atoms with Gasteiger partial charge in [0.2, 0.25) is 0 Å². The molecule has 0 saturated heterocycles. The summed E-state index contributed by atoms with van der Waals surface area (Å²) < 4.78 is 5.43. The Morgan fingerprint density at radius 2 is 1.96 bits per heavy atom. The molecule has 4 aliphatic carbocycles. The summed E-state index contributed by atoms with van der Waals surface area (Å²) >= 11 is 0. The lowest BCUT2D eigenvalue weighted by molar-refractivity contribution is -0.139. The van der Waals surface area contributed by atoms with Crippen LogP contribution >= 0.6 is 0 Å². The predicted octanol–water partition coefficient (Wildman–Crippen LogP) is 5.48. The zero-order valence-electron chi connectivity index (χ0n) is 15.1. The minimum absolute atomic E-state index is 0.159.